The van der Waals surface area contributed by atoms with Crippen molar-refractivity contribution in [2.75, 3.05) is 5.32 Å². The number of para-hydroxylation sites is 1. The van der Waals surface area contributed by atoms with Crippen LogP contribution in [0.15, 0.2) is 42.5 Å². The largest absolute Gasteiger partial charge is 0.479 e. The molecule has 0 unspecified atom stereocenters. The van der Waals surface area contributed by atoms with Crippen molar-refractivity contribution in [1.29, 1.82) is 0 Å². The van der Waals surface area contributed by atoms with Crippen molar-refractivity contribution < 1.29 is 22.7 Å². The van der Waals surface area contributed by atoms with Gasteiger partial charge in [0.1, 0.15) is 5.75 Å². The molecule has 0 aliphatic rings. The first-order valence-corrected chi connectivity index (χ1v) is 8.06. The fourth-order valence-electron chi connectivity index (χ4n) is 2.03. The Morgan fingerprint density at radius 3 is 2.44 bits per heavy atom. The van der Waals surface area contributed by atoms with Crippen molar-refractivity contribution in [1.82, 2.24) is 0 Å². The molecule has 1 amide bonds. The topological polar surface area (TPSA) is 38.3 Å². The van der Waals surface area contributed by atoms with E-state index < -0.39 is 23.8 Å². The molecule has 0 spiro atoms. The number of ether oxygens (including phenoxy) is 1. The third kappa shape index (κ3) is 5.03. The van der Waals surface area contributed by atoms with Crippen LogP contribution in [0.25, 0.3) is 0 Å². The highest BCUT2D eigenvalue weighted by Crippen LogP contribution is 2.34. The Kier molecular flexibility index (Phi) is 6.19. The molecule has 0 aliphatic carbocycles. The van der Waals surface area contributed by atoms with Gasteiger partial charge in [-0.15, -0.1) is 0 Å². The molecule has 0 saturated carbocycles. The average Bonchev–Trinajstić information content (AvgIpc) is 2.55. The maximum Gasteiger partial charge on any atom is 0.416 e. The number of halogens is 5. The summed E-state index contributed by atoms with van der Waals surface area (Å²) in [4.78, 5) is 12.4. The standard InChI is InChI=1S/C17H14Cl2F3NO2/c1-2-14(25-15-6-4-3-5-12(15)19)16(24)23-13-9-10(17(20,21)22)7-8-11(13)18/h3-9,14H,2H2,1H3,(H,23,24)/t14-/m0/s1. The normalized spacial score (nSPS) is 12.6. The second-order valence-electron chi connectivity index (χ2n) is 5.13. The molecule has 0 aromatic heterocycles. The first kappa shape index (κ1) is 19.4. The molecule has 2 aromatic carbocycles. The van der Waals surface area contributed by atoms with Gasteiger partial charge in [-0.3, -0.25) is 4.79 Å². The predicted molar refractivity (Wildman–Crippen MR) is 91.2 cm³/mol. The maximum absolute atomic E-state index is 12.8. The van der Waals surface area contributed by atoms with Crippen LogP contribution in [0.4, 0.5) is 18.9 Å². The van der Waals surface area contributed by atoms with Gasteiger partial charge in [0.15, 0.2) is 6.10 Å². The lowest BCUT2D eigenvalue weighted by Crippen LogP contribution is -2.32. The molecule has 0 saturated heterocycles. The molecule has 1 N–H and O–H groups in total. The van der Waals surface area contributed by atoms with Crippen LogP contribution in [0, 0.1) is 0 Å². The number of hydrogen-bond donors (Lipinski definition) is 1. The van der Waals surface area contributed by atoms with Gasteiger partial charge in [-0.25, -0.2) is 0 Å². The zero-order chi connectivity index (χ0) is 18.6. The summed E-state index contributed by atoms with van der Waals surface area (Å²) in [5.41, 5.74) is -1.05. The maximum atomic E-state index is 12.8. The van der Waals surface area contributed by atoms with Crippen LogP contribution in [-0.4, -0.2) is 12.0 Å². The Balaban J connectivity index is 2.18. The van der Waals surface area contributed by atoms with Crippen LogP contribution in [0.2, 0.25) is 10.0 Å². The number of carbonyl (C=O) groups excluding carboxylic acids is 1. The summed E-state index contributed by atoms with van der Waals surface area (Å²) in [5, 5.41) is 2.69. The van der Waals surface area contributed by atoms with E-state index in [1.165, 1.54) is 0 Å². The Morgan fingerprint density at radius 2 is 1.84 bits per heavy atom. The van der Waals surface area contributed by atoms with Crippen LogP contribution in [0.3, 0.4) is 0 Å². The SMILES string of the molecule is CC[C@H](Oc1ccccc1Cl)C(=O)Nc1cc(C(F)(F)F)ccc1Cl. The van der Waals surface area contributed by atoms with Gasteiger partial charge in [0.05, 0.1) is 21.3 Å². The van der Waals surface area contributed by atoms with E-state index in [0.29, 0.717) is 10.8 Å². The third-order valence-corrected chi connectivity index (χ3v) is 3.96. The van der Waals surface area contributed by atoms with Gasteiger partial charge in [-0.05, 0) is 36.8 Å². The quantitative estimate of drug-likeness (QED) is 0.698. The molecule has 0 radical (unpaired) electrons. The number of rotatable bonds is 5. The monoisotopic (exact) mass is 391 g/mol. The van der Waals surface area contributed by atoms with Gasteiger partial charge in [0.25, 0.3) is 5.91 Å². The van der Waals surface area contributed by atoms with E-state index in [4.69, 9.17) is 27.9 Å². The summed E-state index contributed by atoms with van der Waals surface area (Å²) in [5.74, 6) is -0.315. The first-order chi connectivity index (χ1) is 11.7. The van der Waals surface area contributed by atoms with E-state index in [1.54, 1.807) is 31.2 Å². The highest BCUT2D eigenvalue weighted by atomic mass is 35.5. The zero-order valence-electron chi connectivity index (χ0n) is 13.0. The second-order valence-corrected chi connectivity index (χ2v) is 5.94. The lowest BCUT2D eigenvalue weighted by Gasteiger charge is -2.19. The fraction of sp³-hybridized carbons (Fsp3) is 0.235. The van der Waals surface area contributed by atoms with Crippen LogP contribution < -0.4 is 10.1 Å². The molecule has 1 atom stereocenters. The molecule has 0 fully saturated rings. The van der Waals surface area contributed by atoms with Gasteiger partial charge in [0, 0.05) is 0 Å². The van der Waals surface area contributed by atoms with Crippen LogP contribution in [0.1, 0.15) is 18.9 Å². The smallest absolute Gasteiger partial charge is 0.416 e. The minimum absolute atomic E-state index is 0.00561. The Hall–Kier alpha value is -1.92. The number of amides is 1. The minimum atomic E-state index is -4.54. The average molecular weight is 392 g/mol. The molecule has 134 valence electrons. The van der Waals surface area contributed by atoms with E-state index in [9.17, 15) is 18.0 Å². The molecule has 8 heteroatoms. The van der Waals surface area contributed by atoms with Crippen molar-refractivity contribution in [3.05, 3.63) is 58.1 Å². The molecule has 25 heavy (non-hydrogen) atoms. The second kappa shape index (κ2) is 7.97. The third-order valence-electron chi connectivity index (χ3n) is 3.32. The number of anilines is 1. The highest BCUT2D eigenvalue weighted by Gasteiger charge is 2.31. The van der Waals surface area contributed by atoms with Crippen LogP contribution >= 0.6 is 23.2 Å². The Bertz CT molecular complexity index is 766. The molecule has 2 aromatic rings. The van der Waals surface area contributed by atoms with Gasteiger partial charge in [-0.1, -0.05) is 42.3 Å². The van der Waals surface area contributed by atoms with Crippen molar-refractivity contribution in [3.8, 4) is 5.75 Å². The molecule has 0 bridgehead atoms. The van der Waals surface area contributed by atoms with Crippen molar-refractivity contribution >= 4 is 34.8 Å². The van der Waals surface area contributed by atoms with Crippen LogP contribution in [0.5, 0.6) is 5.75 Å². The summed E-state index contributed by atoms with van der Waals surface area (Å²) < 4.78 is 44.0. The number of benzene rings is 2. The summed E-state index contributed by atoms with van der Waals surface area (Å²) in [6.07, 6.45) is -5.19. The summed E-state index contributed by atoms with van der Waals surface area (Å²) in [6.45, 7) is 1.70. The molecular formula is C17H14Cl2F3NO2. The van der Waals surface area contributed by atoms with E-state index in [1.807, 2.05) is 0 Å². The lowest BCUT2D eigenvalue weighted by molar-refractivity contribution is -0.137. The molecule has 2 rings (SSSR count). The van der Waals surface area contributed by atoms with Crippen molar-refractivity contribution in [2.45, 2.75) is 25.6 Å². The van der Waals surface area contributed by atoms with Gasteiger partial charge >= 0.3 is 6.18 Å². The predicted octanol–water partition coefficient (Wildman–Crippen LogP) is 5.81. The summed E-state index contributed by atoms with van der Waals surface area (Å²) >= 11 is 11.9. The van der Waals surface area contributed by atoms with Crippen molar-refractivity contribution in [3.63, 3.8) is 0 Å². The van der Waals surface area contributed by atoms with E-state index in [-0.39, 0.29) is 17.1 Å². The number of alkyl halides is 3. The fourth-order valence-corrected chi connectivity index (χ4v) is 2.37. The Morgan fingerprint density at radius 1 is 1.16 bits per heavy atom. The van der Waals surface area contributed by atoms with E-state index in [0.717, 1.165) is 18.2 Å². The Labute approximate surface area is 152 Å². The number of carbonyl (C=O) groups is 1. The lowest BCUT2D eigenvalue weighted by atomic mass is 10.1. The molecular weight excluding hydrogens is 378 g/mol. The number of hydrogen-bond acceptors (Lipinski definition) is 2. The molecule has 3 nitrogen and oxygen atoms in total. The first-order valence-electron chi connectivity index (χ1n) is 7.31. The summed E-state index contributed by atoms with van der Waals surface area (Å²) in [6, 6.07) is 9.29. The molecule has 0 heterocycles. The number of nitrogens with one attached hydrogen (secondary N) is 1. The van der Waals surface area contributed by atoms with Gasteiger partial charge in [-0.2, -0.15) is 13.2 Å². The summed E-state index contributed by atoms with van der Waals surface area (Å²) in [7, 11) is 0. The van der Waals surface area contributed by atoms with Gasteiger partial charge in [0.2, 0.25) is 0 Å². The van der Waals surface area contributed by atoms with E-state index >= 15 is 0 Å². The van der Waals surface area contributed by atoms with Crippen molar-refractivity contribution in [2.24, 2.45) is 0 Å². The van der Waals surface area contributed by atoms with Gasteiger partial charge < -0.3 is 10.1 Å². The zero-order valence-corrected chi connectivity index (χ0v) is 14.5. The minimum Gasteiger partial charge on any atom is -0.479 e. The molecule has 0 aliphatic heterocycles. The van der Waals surface area contributed by atoms with Crippen LogP contribution in [-0.2, 0) is 11.0 Å². The highest BCUT2D eigenvalue weighted by molar-refractivity contribution is 6.33. The van der Waals surface area contributed by atoms with E-state index in [2.05, 4.69) is 5.32 Å².